The molecule has 0 aliphatic carbocycles. The van der Waals surface area contributed by atoms with Crippen LogP contribution in [0.4, 0.5) is 5.69 Å². The lowest BCUT2D eigenvalue weighted by Crippen LogP contribution is -1.83. The number of benzene rings is 1. The van der Waals surface area contributed by atoms with Crippen molar-refractivity contribution in [2.75, 3.05) is 12.0 Å². The van der Waals surface area contributed by atoms with Crippen LogP contribution in [-0.2, 0) is 0 Å². The molecule has 0 saturated carbocycles. The molecule has 1 aromatic rings. The molecule has 0 spiro atoms. The number of anilines is 1. The first-order valence-electron chi connectivity index (χ1n) is 2.56. The van der Waals surface area contributed by atoms with Crippen molar-refractivity contribution in [3.8, 4) is 0 Å². The second kappa shape index (κ2) is 2.78. The molecule has 0 amide bonds. The molecule has 9 heavy (non-hydrogen) atoms. The summed E-state index contributed by atoms with van der Waals surface area (Å²) in [7, 11) is 0. The monoisotopic (exact) mass is 137 g/mol. The molecular formula is C7H7NS. The molecule has 0 fully saturated rings. The van der Waals surface area contributed by atoms with Gasteiger partial charge in [0.2, 0.25) is 0 Å². The van der Waals surface area contributed by atoms with Gasteiger partial charge in [-0.15, -0.1) is 11.8 Å². The molecule has 0 unspecified atom stereocenters. The highest BCUT2D eigenvalue weighted by molar-refractivity contribution is 7.98. The van der Waals surface area contributed by atoms with Crippen molar-refractivity contribution in [3.63, 3.8) is 0 Å². The highest BCUT2D eigenvalue weighted by atomic mass is 32.2. The standard InChI is InChI=1S/C7H7NS/c1-9-7-4-2-3-6(8)5-7/h2,4H,8H2,1H3. The minimum Gasteiger partial charge on any atom is -0.398 e. The Kier molecular flexibility index (Phi) is 2.01. The molecule has 46 valence electrons. The fourth-order valence-electron chi connectivity index (χ4n) is 0.537. The summed E-state index contributed by atoms with van der Waals surface area (Å²) < 4.78 is 0. The smallest absolute Gasteiger partial charge is 0.0486 e. The zero-order valence-electron chi connectivity index (χ0n) is 5.14. The van der Waals surface area contributed by atoms with Crippen molar-refractivity contribution in [2.45, 2.75) is 4.90 Å². The van der Waals surface area contributed by atoms with Gasteiger partial charge in [0.15, 0.2) is 0 Å². The SMILES string of the molecule is CSc1[c]c(N)[c]cc1. The lowest BCUT2D eigenvalue weighted by molar-refractivity contribution is 1.44. The van der Waals surface area contributed by atoms with E-state index in [1.165, 1.54) is 0 Å². The Balaban J connectivity index is 2.94. The summed E-state index contributed by atoms with van der Waals surface area (Å²) in [6.45, 7) is 0. The van der Waals surface area contributed by atoms with E-state index < -0.39 is 0 Å². The number of nitrogen functional groups attached to an aromatic ring is 1. The van der Waals surface area contributed by atoms with E-state index in [2.05, 4.69) is 12.1 Å². The van der Waals surface area contributed by atoms with Crippen LogP contribution in [0.3, 0.4) is 0 Å². The summed E-state index contributed by atoms with van der Waals surface area (Å²) in [5, 5.41) is 0. The largest absolute Gasteiger partial charge is 0.398 e. The molecule has 0 saturated heterocycles. The topological polar surface area (TPSA) is 26.0 Å². The lowest BCUT2D eigenvalue weighted by Gasteiger charge is -1.93. The number of thioether (sulfide) groups is 1. The van der Waals surface area contributed by atoms with Crippen LogP contribution in [0.15, 0.2) is 17.0 Å². The number of rotatable bonds is 1. The van der Waals surface area contributed by atoms with Gasteiger partial charge in [-0.3, -0.25) is 0 Å². The zero-order valence-corrected chi connectivity index (χ0v) is 5.96. The van der Waals surface area contributed by atoms with Gasteiger partial charge in [0.1, 0.15) is 0 Å². The Morgan fingerprint density at radius 1 is 1.67 bits per heavy atom. The van der Waals surface area contributed by atoms with Gasteiger partial charge in [-0.25, -0.2) is 0 Å². The fourth-order valence-corrected chi connectivity index (χ4v) is 0.953. The van der Waals surface area contributed by atoms with E-state index in [0.29, 0.717) is 5.69 Å². The normalized spacial score (nSPS) is 9.44. The maximum atomic E-state index is 5.41. The van der Waals surface area contributed by atoms with Crippen molar-refractivity contribution >= 4 is 17.4 Å². The van der Waals surface area contributed by atoms with Crippen molar-refractivity contribution in [1.29, 1.82) is 0 Å². The van der Waals surface area contributed by atoms with Gasteiger partial charge in [-0.2, -0.15) is 0 Å². The zero-order chi connectivity index (χ0) is 6.69. The molecule has 0 aromatic heterocycles. The Labute approximate surface area is 59.3 Å². The Morgan fingerprint density at radius 2 is 2.44 bits per heavy atom. The van der Waals surface area contributed by atoms with Crippen LogP contribution in [-0.4, -0.2) is 6.26 Å². The van der Waals surface area contributed by atoms with Crippen molar-refractivity contribution in [3.05, 3.63) is 24.3 Å². The third kappa shape index (κ3) is 1.64. The highest BCUT2D eigenvalue weighted by Crippen LogP contribution is 2.14. The summed E-state index contributed by atoms with van der Waals surface area (Å²) in [6.07, 6.45) is 1.99. The minimum atomic E-state index is 0.585. The van der Waals surface area contributed by atoms with E-state index in [-0.39, 0.29) is 0 Å². The van der Waals surface area contributed by atoms with Crippen molar-refractivity contribution in [1.82, 2.24) is 0 Å². The molecule has 1 rings (SSSR count). The molecular weight excluding hydrogens is 130 g/mol. The van der Waals surface area contributed by atoms with Crippen LogP contribution in [0, 0.1) is 12.1 Å². The first kappa shape index (κ1) is 6.49. The summed E-state index contributed by atoms with van der Waals surface area (Å²) >= 11 is 1.63. The van der Waals surface area contributed by atoms with Crippen LogP contribution in [0.5, 0.6) is 0 Å². The summed E-state index contributed by atoms with van der Waals surface area (Å²) in [6, 6.07) is 9.49. The lowest BCUT2D eigenvalue weighted by atomic mass is 10.3. The molecule has 0 bridgehead atoms. The van der Waals surface area contributed by atoms with Gasteiger partial charge in [-0.05, 0) is 12.3 Å². The average molecular weight is 137 g/mol. The predicted molar refractivity (Wildman–Crippen MR) is 40.3 cm³/mol. The van der Waals surface area contributed by atoms with E-state index in [9.17, 15) is 0 Å². The molecule has 1 nitrogen and oxygen atoms in total. The van der Waals surface area contributed by atoms with Gasteiger partial charge >= 0.3 is 0 Å². The minimum absolute atomic E-state index is 0.585. The van der Waals surface area contributed by atoms with Crippen LogP contribution in [0.1, 0.15) is 0 Å². The molecule has 0 aliphatic heterocycles. The Morgan fingerprint density at radius 3 is 2.89 bits per heavy atom. The Hall–Kier alpha value is -0.630. The van der Waals surface area contributed by atoms with Gasteiger partial charge < -0.3 is 5.73 Å². The predicted octanol–water partition coefficient (Wildman–Crippen LogP) is 1.59. The highest BCUT2D eigenvalue weighted by Gasteiger charge is 1.88. The Bertz CT molecular complexity index is 198. The number of hydrogen-bond donors (Lipinski definition) is 1. The average Bonchev–Trinajstić information content (AvgIpc) is 1.88. The van der Waals surface area contributed by atoms with E-state index in [0.717, 1.165) is 4.90 Å². The van der Waals surface area contributed by atoms with E-state index in [1.54, 1.807) is 17.8 Å². The quantitative estimate of drug-likeness (QED) is 0.470. The second-order valence-electron chi connectivity index (χ2n) is 1.58. The third-order valence-electron chi connectivity index (χ3n) is 0.951. The molecule has 1 aromatic carbocycles. The van der Waals surface area contributed by atoms with Crippen molar-refractivity contribution < 1.29 is 0 Å². The first-order chi connectivity index (χ1) is 4.33. The van der Waals surface area contributed by atoms with Gasteiger partial charge in [0.05, 0.1) is 0 Å². The number of nitrogens with two attached hydrogens (primary N) is 1. The molecule has 2 N–H and O–H groups in total. The third-order valence-corrected chi connectivity index (χ3v) is 1.63. The van der Waals surface area contributed by atoms with E-state index in [1.807, 2.05) is 12.3 Å². The maximum absolute atomic E-state index is 5.41. The number of hydrogen-bond acceptors (Lipinski definition) is 2. The molecule has 0 atom stereocenters. The maximum Gasteiger partial charge on any atom is 0.0486 e. The molecule has 0 aliphatic rings. The van der Waals surface area contributed by atoms with Crippen LogP contribution < -0.4 is 5.73 Å². The second-order valence-corrected chi connectivity index (χ2v) is 2.43. The summed E-state index contributed by atoms with van der Waals surface area (Å²) in [4.78, 5) is 1.06. The van der Waals surface area contributed by atoms with E-state index in [4.69, 9.17) is 5.73 Å². The van der Waals surface area contributed by atoms with Crippen molar-refractivity contribution in [2.24, 2.45) is 0 Å². The fraction of sp³-hybridized carbons (Fsp3) is 0.143. The summed E-state index contributed by atoms with van der Waals surface area (Å²) in [5.41, 5.74) is 5.99. The van der Waals surface area contributed by atoms with E-state index >= 15 is 0 Å². The van der Waals surface area contributed by atoms with Crippen LogP contribution >= 0.6 is 11.8 Å². The molecule has 2 radical (unpaired) electrons. The van der Waals surface area contributed by atoms with Crippen LogP contribution in [0.2, 0.25) is 0 Å². The first-order valence-corrected chi connectivity index (χ1v) is 3.79. The summed E-state index contributed by atoms with van der Waals surface area (Å²) in [5.74, 6) is 0. The van der Waals surface area contributed by atoms with Crippen LogP contribution in [0.25, 0.3) is 0 Å². The van der Waals surface area contributed by atoms with Gasteiger partial charge in [-0.1, -0.05) is 6.07 Å². The van der Waals surface area contributed by atoms with Gasteiger partial charge in [0.25, 0.3) is 0 Å². The molecule has 2 heteroatoms. The van der Waals surface area contributed by atoms with Gasteiger partial charge in [0, 0.05) is 22.7 Å². The molecule has 0 heterocycles.